The molecule has 0 aliphatic carbocycles. The molecule has 0 unspecified atom stereocenters. The zero-order chi connectivity index (χ0) is 104. The van der Waals surface area contributed by atoms with Crippen LogP contribution in [-0.4, -0.2) is 346 Å². The summed E-state index contributed by atoms with van der Waals surface area (Å²) in [7, 11) is 0. The van der Waals surface area contributed by atoms with E-state index in [9.17, 15) is 151 Å². The molecule has 17 amide bonds. The average molecular weight is 1960 g/mol. The van der Waals surface area contributed by atoms with Crippen LogP contribution < -0.4 is 102 Å². The Kier molecular flexibility index (Phi) is 49.3. The zero-order valence-electron chi connectivity index (χ0n) is 77.4. The van der Waals surface area contributed by atoms with Crippen molar-refractivity contribution in [1.82, 2.24) is 100 Å². The van der Waals surface area contributed by atoms with E-state index in [1.54, 1.807) is 52.0 Å². The molecule has 1 saturated heterocycles. The number of aromatic amines is 1. The second-order valence-electron chi connectivity index (χ2n) is 34.1. The lowest BCUT2D eigenvalue weighted by Gasteiger charge is -2.31. The molecule has 0 spiro atoms. The first-order valence-corrected chi connectivity index (χ1v) is 44.5. The molecule has 764 valence electrons. The van der Waals surface area contributed by atoms with Gasteiger partial charge in [-0.05, 0) is 101 Å². The number of fused-ring (bicyclic) bond motifs is 1. The van der Waals surface area contributed by atoms with Crippen LogP contribution >= 0.6 is 12.6 Å². The Balaban J connectivity index is 1.89. The average Bonchev–Trinajstić information content (AvgIpc) is 1.71. The van der Waals surface area contributed by atoms with E-state index in [1.807, 2.05) is 5.32 Å². The lowest BCUT2D eigenvalue weighted by molar-refractivity contribution is -0.145. The van der Waals surface area contributed by atoms with Gasteiger partial charge in [-0.25, -0.2) is 4.79 Å². The minimum atomic E-state index is -2.16. The molecule has 0 bridgehead atoms. The monoisotopic (exact) mass is 1960 g/mol. The number of aliphatic carboxylic acids is 5. The van der Waals surface area contributed by atoms with E-state index in [4.69, 9.17) is 16.9 Å². The Labute approximate surface area is 791 Å². The number of thiol groups is 1. The van der Waals surface area contributed by atoms with Gasteiger partial charge in [0.15, 0.2) is 12.0 Å². The number of nitrogens with two attached hydrogens (primary N) is 2. The first kappa shape index (κ1) is 118. The van der Waals surface area contributed by atoms with E-state index in [0.29, 0.717) is 16.5 Å². The maximum absolute atomic E-state index is 14.6. The van der Waals surface area contributed by atoms with E-state index < -0.39 is 340 Å². The van der Waals surface area contributed by atoms with Crippen LogP contribution in [0.2, 0.25) is 0 Å². The van der Waals surface area contributed by atoms with Crippen LogP contribution in [0.15, 0.2) is 30.5 Å². The van der Waals surface area contributed by atoms with E-state index in [0.717, 1.165) is 13.8 Å². The Morgan fingerprint density at radius 2 is 0.891 bits per heavy atom. The molecule has 1 aliphatic heterocycles. The smallest absolute Gasteiger partial charge is 0.328 e. The standard InChI is InChI=1S/C83H130N22O31S/c1-35(2)26-49(95-71(124)48(21-23-58(113)114)93-78(131)61(36(3)4)101-79(132)62(37(5)6)102-80(133)64(40(10)108)103-74(127)52(29-60(117)118)97-69(122)46(18-14-24-87-83(85)86)91-73(126)51(28-59(115)116)94-67(120)44(84)32-106)72(125)98-53(33-107)75(128)92-47(20-22-57(111)112)70(123)96-50(27-42-30-88-45-17-13-12-16-43(42)45)68(121)89-31-56(110)100-63(38(7)8)81(134)105-25-15-19-55(105)77(130)99-54(34-137)76(129)90-39(9)66(119)104-65(41(11)109)82(135)136/h12-13,16-17,30,35-41,44,46-55,61-65,88,106-109,137H,14-15,18-29,31-34,84H2,1-11H3,(H,89,121)(H,90,129)(H,91,126)(H,92,128)(H,93,131)(H,94,120)(H,95,124)(H,96,123)(H,97,122)(H,98,125)(H,99,130)(H,100,110)(H,101,132)(H,102,133)(H,103,127)(H,104,119)(H,111,112)(H,113,114)(H,115,116)(H,117,118)(H,135,136)(H4,85,86,87)/t39-,40+,41+,44-,46-,47-,48-,49-,50-,51-,52-,53-,54-,55-,61-,62-,63-,64-,65-/m0/s1. The molecule has 0 saturated carbocycles. The molecule has 1 aromatic carbocycles. The molecule has 2 heterocycles. The predicted molar refractivity (Wildman–Crippen MR) is 483 cm³/mol. The Hall–Kier alpha value is -13.5. The van der Waals surface area contributed by atoms with Crippen molar-refractivity contribution >= 4 is 160 Å². The van der Waals surface area contributed by atoms with Crippen LogP contribution in [0.4, 0.5) is 0 Å². The summed E-state index contributed by atoms with van der Waals surface area (Å²) in [5.74, 6) is -31.2. The number of aliphatic hydroxyl groups is 4. The van der Waals surface area contributed by atoms with Crippen molar-refractivity contribution in [1.29, 1.82) is 5.41 Å². The van der Waals surface area contributed by atoms with Gasteiger partial charge >= 0.3 is 29.8 Å². The summed E-state index contributed by atoms with van der Waals surface area (Å²) in [6, 6.07) is -22.5. The molecule has 19 atom stereocenters. The number of nitrogens with one attached hydrogen (secondary N) is 19. The van der Waals surface area contributed by atoms with Gasteiger partial charge in [-0.3, -0.25) is 106 Å². The fourth-order valence-corrected chi connectivity index (χ4v) is 14.0. The van der Waals surface area contributed by atoms with Crippen LogP contribution in [0.1, 0.15) is 152 Å². The molecular weight excluding hydrogens is 1830 g/mol. The second-order valence-corrected chi connectivity index (χ2v) is 34.5. The number of para-hydroxylation sites is 1. The molecule has 1 fully saturated rings. The summed E-state index contributed by atoms with van der Waals surface area (Å²) < 4.78 is 0. The highest BCUT2D eigenvalue weighted by molar-refractivity contribution is 7.80. The predicted octanol–water partition coefficient (Wildman–Crippen LogP) is -9.85. The van der Waals surface area contributed by atoms with Gasteiger partial charge in [-0.1, -0.05) is 73.6 Å². The number of carbonyl (C=O) groups excluding carboxylic acids is 17. The number of nitrogens with zero attached hydrogens (tertiary/aromatic N) is 1. The molecule has 0 radical (unpaired) electrons. The van der Waals surface area contributed by atoms with Crippen molar-refractivity contribution in [3.63, 3.8) is 0 Å². The van der Waals surface area contributed by atoms with Crippen LogP contribution in [0, 0.1) is 29.1 Å². The van der Waals surface area contributed by atoms with Crippen LogP contribution in [0.5, 0.6) is 0 Å². The van der Waals surface area contributed by atoms with E-state index in [-0.39, 0.29) is 50.9 Å². The molecule has 32 N–H and O–H groups in total. The van der Waals surface area contributed by atoms with Gasteiger partial charge in [0, 0.05) is 55.2 Å². The molecule has 1 aromatic heterocycles. The summed E-state index contributed by atoms with van der Waals surface area (Å²) in [5.41, 5.74) is 11.8. The third kappa shape index (κ3) is 39.4. The molecule has 137 heavy (non-hydrogen) atoms. The second kappa shape index (κ2) is 57.4. The maximum Gasteiger partial charge on any atom is 0.328 e. The van der Waals surface area contributed by atoms with Gasteiger partial charge in [0.25, 0.3) is 0 Å². The number of H-pyrrole nitrogens is 1. The number of hydrogen-bond acceptors (Lipinski definition) is 29. The number of carboxylic acids is 5. The molecule has 54 heteroatoms. The van der Waals surface area contributed by atoms with Gasteiger partial charge in [0.05, 0.1) is 44.8 Å². The highest BCUT2D eigenvalue weighted by atomic mass is 32.1. The Morgan fingerprint density at radius 1 is 0.460 bits per heavy atom. The van der Waals surface area contributed by atoms with Crippen LogP contribution in [0.25, 0.3) is 10.9 Å². The number of rotatable bonds is 60. The van der Waals surface area contributed by atoms with Crippen molar-refractivity contribution in [3.05, 3.63) is 36.0 Å². The number of hydrogen-bond donors (Lipinski definition) is 31. The quantitative estimate of drug-likeness (QED) is 0.0127. The lowest BCUT2D eigenvalue weighted by atomic mass is 9.98. The summed E-state index contributed by atoms with van der Waals surface area (Å²) in [6.45, 7) is 12.1. The normalized spacial score (nSPS) is 16.3. The number of likely N-dealkylation sites (tertiary alicyclic amines) is 1. The van der Waals surface area contributed by atoms with Crippen LogP contribution in [-0.2, 0) is 112 Å². The number of amides is 17. The molecular formula is C83H130N22O31S. The van der Waals surface area contributed by atoms with E-state index in [2.05, 4.69) is 103 Å². The van der Waals surface area contributed by atoms with Gasteiger partial charge < -0.3 is 158 Å². The third-order valence-electron chi connectivity index (χ3n) is 21.3. The van der Waals surface area contributed by atoms with Gasteiger partial charge in [-0.15, -0.1) is 0 Å². The van der Waals surface area contributed by atoms with E-state index in [1.165, 1.54) is 45.7 Å². The number of aromatic nitrogens is 1. The molecule has 53 nitrogen and oxygen atoms in total. The van der Waals surface area contributed by atoms with Crippen molar-refractivity contribution in [2.75, 3.05) is 38.6 Å². The molecule has 3 rings (SSSR count). The highest BCUT2D eigenvalue weighted by Crippen LogP contribution is 2.23. The zero-order valence-corrected chi connectivity index (χ0v) is 78.3. The van der Waals surface area contributed by atoms with Crippen molar-refractivity contribution in [3.8, 4) is 0 Å². The summed E-state index contributed by atoms with van der Waals surface area (Å²) in [5, 5.41) is 137. The SMILES string of the molecule is CC(C)C[C@H](NC(=O)[C@H](CCC(=O)O)NC(=O)[C@@H](NC(=O)[C@@H](NC(=O)[C@@H](NC(=O)[C@H](CC(=O)O)NC(=O)[C@H](CCCNC(=N)N)NC(=O)[C@H](CC(=O)O)NC(=O)[C@@H](N)CO)[C@@H](C)O)C(C)C)C(C)C)C(=O)N[C@@H](CO)C(=O)N[C@@H](CCC(=O)O)C(=O)N[C@@H](Cc1c[nH]c2ccccc12)C(=O)NCC(=O)N[C@H](C(=O)N1CCC[C@H]1C(=O)N[C@@H](CS)C(=O)N[C@@H](C)C(=O)N[C@H](C(=O)O)[C@@H](C)O)C(C)C. The maximum atomic E-state index is 14.6. The Bertz CT molecular complexity index is 4630. The van der Waals surface area contributed by atoms with Crippen molar-refractivity contribution in [2.24, 2.45) is 35.1 Å². The lowest BCUT2D eigenvalue weighted by Crippen LogP contribution is -2.63. The van der Waals surface area contributed by atoms with Gasteiger partial charge in [0.1, 0.15) is 96.7 Å². The summed E-state index contributed by atoms with van der Waals surface area (Å²) in [4.78, 5) is 301. The van der Waals surface area contributed by atoms with Crippen LogP contribution in [0.3, 0.4) is 0 Å². The summed E-state index contributed by atoms with van der Waals surface area (Å²) in [6.07, 6.45) is -8.12. The summed E-state index contributed by atoms with van der Waals surface area (Å²) >= 11 is 4.17. The van der Waals surface area contributed by atoms with Crippen molar-refractivity contribution < 1.29 is 151 Å². The highest BCUT2D eigenvalue weighted by Gasteiger charge is 2.44. The minimum Gasteiger partial charge on any atom is -0.481 e. The van der Waals surface area contributed by atoms with E-state index >= 15 is 0 Å². The molecule has 2 aromatic rings. The first-order valence-electron chi connectivity index (χ1n) is 43.9. The minimum absolute atomic E-state index is 0.00382. The number of guanidine groups is 1. The topological polar surface area (TPSA) is 857 Å². The molecule has 1 aliphatic rings. The number of carboxylic acid groups (broad SMARTS) is 5. The number of benzene rings is 1. The number of aliphatic hydroxyl groups excluding tert-OH is 4. The fourth-order valence-electron chi connectivity index (χ4n) is 13.8. The number of carbonyl (C=O) groups is 22. The fraction of sp³-hybridized carbons (Fsp3) is 0.627. The Morgan fingerprint density at radius 3 is 1.37 bits per heavy atom. The third-order valence-corrected chi connectivity index (χ3v) is 21.7. The first-order chi connectivity index (χ1) is 64.1. The van der Waals surface area contributed by atoms with Crippen molar-refractivity contribution in [2.45, 2.75) is 268 Å². The van der Waals surface area contributed by atoms with Gasteiger partial charge in [-0.2, -0.15) is 12.6 Å². The largest absolute Gasteiger partial charge is 0.481 e. The van der Waals surface area contributed by atoms with Gasteiger partial charge in [0.2, 0.25) is 100 Å².